The summed E-state index contributed by atoms with van der Waals surface area (Å²) in [6.07, 6.45) is 0. The molecule has 0 fully saturated rings. The van der Waals surface area contributed by atoms with Crippen LogP contribution >= 0.6 is 0 Å². The Morgan fingerprint density at radius 3 is 2.50 bits per heavy atom. The predicted octanol–water partition coefficient (Wildman–Crippen LogP) is 0.512. The van der Waals surface area contributed by atoms with Gasteiger partial charge in [0, 0.05) is 11.1 Å². The quantitative estimate of drug-likeness (QED) is 0.391. The zero-order valence-electron chi connectivity index (χ0n) is 6.14. The molecule has 0 saturated carbocycles. The monoisotopic (exact) mass is 183 g/mol. The summed E-state index contributed by atoms with van der Waals surface area (Å²) in [6.45, 7) is 0. The molecule has 2 N–H and O–H groups in total. The van der Waals surface area contributed by atoms with Gasteiger partial charge in [-0.15, -0.1) is 0 Å². The number of hydrogen-bond donors (Lipinski definition) is 1. The molecule has 1 aromatic carbocycles. The van der Waals surface area contributed by atoms with Gasteiger partial charge in [0.05, 0.1) is 5.69 Å². The van der Waals surface area contributed by atoms with Crippen LogP contribution in [0.3, 0.4) is 0 Å². The highest BCUT2D eigenvalue weighted by molar-refractivity contribution is 7.95. The molecule has 0 saturated heterocycles. The summed E-state index contributed by atoms with van der Waals surface area (Å²) in [5.74, 6) is 0. The van der Waals surface area contributed by atoms with Crippen molar-refractivity contribution in [3.63, 3.8) is 0 Å². The zero-order valence-corrected chi connectivity index (χ0v) is 6.95. The molecule has 0 aliphatic heterocycles. The Balaban J connectivity index is 2.89. The van der Waals surface area contributed by atoms with Gasteiger partial charge in [-0.25, -0.2) is 4.99 Å². The molecule has 0 radical (unpaired) electrons. The molecule has 12 heavy (non-hydrogen) atoms. The lowest BCUT2D eigenvalue weighted by atomic mass is 10.3. The van der Waals surface area contributed by atoms with Crippen molar-refractivity contribution in [2.75, 3.05) is 0 Å². The van der Waals surface area contributed by atoms with E-state index in [4.69, 9.17) is 5.73 Å². The predicted molar refractivity (Wildman–Crippen MR) is 46.6 cm³/mol. The van der Waals surface area contributed by atoms with Crippen LogP contribution in [-0.2, 0) is 11.1 Å². The first-order chi connectivity index (χ1) is 5.70. The molecule has 1 unspecified atom stereocenters. The maximum Gasteiger partial charge on any atom is 0.176 e. The zero-order chi connectivity index (χ0) is 8.97. The third-order valence-electron chi connectivity index (χ3n) is 1.17. The maximum atomic E-state index is 10.2. The van der Waals surface area contributed by atoms with E-state index in [0.29, 0.717) is 5.69 Å². The van der Waals surface area contributed by atoms with Crippen LogP contribution in [0.4, 0.5) is 5.69 Å². The van der Waals surface area contributed by atoms with Crippen LogP contribution in [0.25, 0.3) is 0 Å². The molecular weight excluding hydrogens is 176 g/mol. The number of rotatable bonds is 1. The van der Waals surface area contributed by atoms with Crippen molar-refractivity contribution < 1.29 is 8.76 Å². The Bertz CT molecular complexity index is 310. The van der Waals surface area contributed by atoms with E-state index in [0.717, 1.165) is 0 Å². The SMILES string of the molecule is NC(=Nc1ccccc1)S(=O)[O-]. The Hall–Kier alpha value is -1.20. The highest BCUT2D eigenvalue weighted by atomic mass is 32.2. The fourth-order valence-corrected chi connectivity index (χ4v) is 0.847. The highest BCUT2D eigenvalue weighted by Crippen LogP contribution is 2.09. The van der Waals surface area contributed by atoms with Crippen LogP contribution in [0.15, 0.2) is 35.3 Å². The van der Waals surface area contributed by atoms with E-state index in [2.05, 4.69) is 4.99 Å². The first-order valence-electron chi connectivity index (χ1n) is 3.18. The molecule has 64 valence electrons. The normalized spacial score (nSPS) is 14.2. The van der Waals surface area contributed by atoms with E-state index in [1.165, 1.54) is 0 Å². The number of nitrogens with two attached hydrogens (primary N) is 1. The second-order valence-electron chi connectivity index (χ2n) is 2.02. The van der Waals surface area contributed by atoms with Gasteiger partial charge in [0.1, 0.15) is 0 Å². The molecule has 1 atom stereocenters. The first-order valence-corrected chi connectivity index (χ1v) is 4.26. The van der Waals surface area contributed by atoms with Gasteiger partial charge in [-0.1, -0.05) is 18.2 Å². The van der Waals surface area contributed by atoms with E-state index < -0.39 is 16.2 Å². The van der Waals surface area contributed by atoms with E-state index in [-0.39, 0.29) is 0 Å². The number of aliphatic imine (C=N–C) groups is 1. The molecule has 1 aromatic rings. The number of amidine groups is 1. The summed E-state index contributed by atoms with van der Waals surface area (Å²) in [6, 6.07) is 8.64. The van der Waals surface area contributed by atoms with Crippen molar-refractivity contribution in [1.29, 1.82) is 0 Å². The van der Waals surface area contributed by atoms with Gasteiger partial charge >= 0.3 is 0 Å². The second-order valence-corrected chi connectivity index (χ2v) is 2.91. The van der Waals surface area contributed by atoms with Crippen molar-refractivity contribution in [2.24, 2.45) is 10.7 Å². The minimum absolute atomic E-state index is 0.402. The molecule has 0 aromatic heterocycles. The molecule has 0 aliphatic rings. The van der Waals surface area contributed by atoms with Gasteiger partial charge in [-0.05, 0) is 12.1 Å². The van der Waals surface area contributed by atoms with Gasteiger partial charge in [0.25, 0.3) is 0 Å². The van der Waals surface area contributed by atoms with E-state index in [9.17, 15) is 8.76 Å². The van der Waals surface area contributed by atoms with Crippen LogP contribution in [0.2, 0.25) is 0 Å². The maximum absolute atomic E-state index is 10.2. The van der Waals surface area contributed by atoms with E-state index in [1.807, 2.05) is 6.07 Å². The molecule has 0 amide bonds. The summed E-state index contributed by atoms with van der Waals surface area (Å²) in [4.78, 5) is 3.64. The van der Waals surface area contributed by atoms with Crippen LogP contribution in [0.1, 0.15) is 0 Å². The van der Waals surface area contributed by atoms with Crippen LogP contribution in [0, 0.1) is 0 Å². The summed E-state index contributed by atoms with van der Waals surface area (Å²) in [5.41, 5.74) is 5.61. The average Bonchev–Trinajstić information content (AvgIpc) is 2.06. The minimum atomic E-state index is -2.43. The van der Waals surface area contributed by atoms with E-state index in [1.54, 1.807) is 24.3 Å². The minimum Gasteiger partial charge on any atom is -0.766 e. The van der Waals surface area contributed by atoms with Crippen LogP contribution in [-0.4, -0.2) is 13.9 Å². The number of para-hydroxylation sites is 1. The van der Waals surface area contributed by atoms with Crippen molar-refractivity contribution in [2.45, 2.75) is 0 Å². The lowest BCUT2D eigenvalue weighted by Gasteiger charge is -2.02. The molecule has 0 aliphatic carbocycles. The summed E-state index contributed by atoms with van der Waals surface area (Å²) in [5, 5.41) is -0.402. The Kier molecular flexibility index (Phi) is 2.95. The summed E-state index contributed by atoms with van der Waals surface area (Å²) < 4.78 is 20.5. The smallest absolute Gasteiger partial charge is 0.176 e. The van der Waals surface area contributed by atoms with Gasteiger partial charge in [0.2, 0.25) is 0 Å². The molecule has 4 nitrogen and oxygen atoms in total. The summed E-state index contributed by atoms with van der Waals surface area (Å²) in [7, 11) is 0. The Morgan fingerprint density at radius 1 is 1.42 bits per heavy atom. The third-order valence-corrected chi connectivity index (χ3v) is 1.60. The van der Waals surface area contributed by atoms with Crippen molar-refractivity contribution in [3.05, 3.63) is 30.3 Å². The first kappa shape index (κ1) is 8.89. The van der Waals surface area contributed by atoms with Gasteiger partial charge < -0.3 is 10.3 Å². The number of hydrogen-bond acceptors (Lipinski definition) is 3. The lowest BCUT2D eigenvalue weighted by molar-refractivity contribution is 0.549. The highest BCUT2D eigenvalue weighted by Gasteiger charge is 1.91. The van der Waals surface area contributed by atoms with Crippen molar-refractivity contribution >= 4 is 21.9 Å². The van der Waals surface area contributed by atoms with E-state index >= 15 is 0 Å². The molecule has 0 spiro atoms. The largest absolute Gasteiger partial charge is 0.766 e. The van der Waals surface area contributed by atoms with Crippen molar-refractivity contribution in [1.82, 2.24) is 0 Å². The molecule has 0 heterocycles. The number of benzene rings is 1. The topological polar surface area (TPSA) is 78.5 Å². The van der Waals surface area contributed by atoms with Gasteiger partial charge in [-0.2, -0.15) is 0 Å². The molecule has 0 bridgehead atoms. The average molecular weight is 183 g/mol. The number of nitrogens with zero attached hydrogens (tertiary/aromatic N) is 1. The van der Waals surface area contributed by atoms with Gasteiger partial charge in [-0.3, -0.25) is 4.21 Å². The molecular formula is C7H7N2O2S-. The van der Waals surface area contributed by atoms with Crippen LogP contribution < -0.4 is 5.73 Å². The fourth-order valence-electron chi connectivity index (χ4n) is 0.667. The second kappa shape index (κ2) is 3.99. The van der Waals surface area contributed by atoms with Crippen molar-refractivity contribution in [3.8, 4) is 0 Å². The van der Waals surface area contributed by atoms with Crippen LogP contribution in [0.5, 0.6) is 0 Å². The standard InChI is InChI=1S/C7H8N2O2S/c8-7(12(10)11)9-6-4-2-1-3-5-6/h1-5H,(H2,8,9)(H,10,11)/p-1. The fraction of sp³-hybridized carbons (Fsp3) is 0. The third kappa shape index (κ3) is 2.44. The lowest BCUT2D eigenvalue weighted by Crippen LogP contribution is -2.17. The Morgan fingerprint density at radius 2 is 2.00 bits per heavy atom. The molecule has 5 heteroatoms. The van der Waals surface area contributed by atoms with Gasteiger partial charge in [0.15, 0.2) is 5.17 Å². The Labute approximate surface area is 72.4 Å². The molecule has 1 rings (SSSR count). The summed E-state index contributed by atoms with van der Waals surface area (Å²) >= 11 is -2.43.